The van der Waals surface area contributed by atoms with Crippen LogP contribution in [-0.2, 0) is 0 Å². The van der Waals surface area contributed by atoms with E-state index in [9.17, 15) is 9.18 Å². The van der Waals surface area contributed by atoms with Gasteiger partial charge in [0.15, 0.2) is 5.01 Å². The Hall–Kier alpha value is -2.22. The normalized spacial score (nSPS) is 14.9. The number of benzene rings is 2. The number of amides is 1. The van der Waals surface area contributed by atoms with Crippen molar-refractivity contribution < 1.29 is 9.18 Å². The fourth-order valence-corrected chi connectivity index (χ4v) is 4.77. The molecule has 1 amide bonds. The van der Waals surface area contributed by atoms with Crippen LogP contribution in [0.2, 0.25) is 0 Å². The number of piperazine rings is 1. The van der Waals surface area contributed by atoms with E-state index >= 15 is 0 Å². The smallest absolute Gasteiger partial charge is 0.282 e. The first-order valence-corrected chi connectivity index (χ1v) is 11.5. The van der Waals surface area contributed by atoms with Crippen molar-refractivity contribution in [2.75, 3.05) is 39.5 Å². The zero-order valence-corrected chi connectivity index (χ0v) is 18.0. The fraction of sp³-hybridized carbons (Fsp3) is 0.273. The van der Waals surface area contributed by atoms with E-state index in [0.717, 1.165) is 34.8 Å². The van der Waals surface area contributed by atoms with E-state index in [0.29, 0.717) is 18.1 Å². The van der Waals surface area contributed by atoms with Crippen LogP contribution in [-0.4, -0.2) is 60.2 Å². The number of carbonyl (C=O) groups is 1. The SMILES string of the molecule is CSc1ccc(-c2sc(C(=O)N3CCN(C)CC3)nc2-c2ccc(F)cc2)cc1. The summed E-state index contributed by atoms with van der Waals surface area (Å²) in [6, 6.07) is 14.5. The van der Waals surface area contributed by atoms with E-state index in [1.807, 2.05) is 11.2 Å². The van der Waals surface area contributed by atoms with Crippen molar-refractivity contribution in [3.05, 3.63) is 59.4 Å². The summed E-state index contributed by atoms with van der Waals surface area (Å²) in [5, 5.41) is 0.484. The van der Waals surface area contributed by atoms with Crippen molar-refractivity contribution in [2.24, 2.45) is 0 Å². The number of hydrogen-bond donors (Lipinski definition) is 0. The van der Waals surface area contributed by atoms with Crippen LogP contribution in [0.4, 0.5) is 4.39 Å². The van der Waals surface area contributed by atoms with Gasteiger partial charge in [0, 0.05) is 36.6 Å². The van der Waals surface area contributed by atoms with Crippen LogP contribution in [0.1, 0.15) is 9.80 Å². The maximum Gasteiger partial charge on any atom is 0.282 e. The lowest BCUT2D eigenvalue weighted by Crippen LogP contribution is -2.47. The van der Waals surface area contributed by atoms with Crippen LogP contribution in [0.5, 0.6) is 0 Å². The molecule has 3 aromatic rings. The predicted molar refractivity (Wildman–Crippen MR) is 118 cm³/mol. The summed E-state index contributed by atoms with van der Waals surface area (Å²) in [6.07, 6.45) is 2.04. The van der Waals surface area contributed by atoms with Crippen molar-refractivity contribution in [3.8, 4) is 21.7 Å². The molecule has 2 aromatic carbocycles. The Kier molecular flexibility index (Phi) is 5.99. The molecule has 1 fully saturated rings. The number of rotatable bonds is 4. The molecule has 2 heterocycles. The first-order chi connectivity index (χ1) is 14.0. The van der Waals surface area contributed by atoms with Crippen molar-refractivity contribution >= 4 is 29.0 Å². The van der Waals surface area contributed by atoms with Gasteiger partial charge >= 0.3 is 0 Å². The number of thioether (sulfide) groups is 1. The number of thiazole rings is 1. The van der Waals surface area contributed by atoms with Gasteiger partial charge in [0.2, 0.25) is 0 Å². The molecule has 1 saturated heterocycles. The number of likely N-dealkylation sites (N-methyl/N-ethyl adjacent to an activating group) is 1. The van der Waals surface area contributed by atoms with Gasteiger partial charge in [-0.1, -0.05) is 12.1 Å². The molecular formula is C22H22FN3OS2. The number of hydrogen-bond acceptors (Lipinski definition) is 5. The molecule has 4 rings (SSSR count). The molecule has 0 atom stereocenters. The minimum absolute atomic E-state index is 0.0292. The molecule has 0 spiro atoms. The maximum atomic E-state index is 13.4. The van der Waals surface area contributed by atoms with Crippen LogP contribution in [0.15, 0.2) is 53.4 Å². The van der Waals surface area contributed by atoms with E-state index in [4.69, 9.17) is 4.98 Å². The average Bonchev–Trinajstić information content (AvgIpc) is 3.20. The lowest BCUT2D eigenvalue weighted by atomic mass is 10.1. The van der Waals surface area contributed by atoms with Gasteiger partial charge in [0.25, 0.3) is 5.91 Å². The van der Waals surface area contributed by atoms with Crippen LogP contribution >= 0.6 is 23.1 Å². The highest BCUT2D eigenvalue weighted by Crippen LogP contribution is 2.38. The number of carbonyl (C=O) groups excluding carboxylic acids is 1. The van der Waals surface area contributed by atoms with Gasteiger partial charge < -0.3 is 9.80 Å². The van der Waals surface area contributed by atoms with E-state index in [1.165, 1.54) is 28.4 Å². The first-order valence-electron chi connectivity index (χ1n) is 9.44. The number of aromatic nitrogens is 1. The molecule has 7 heteroatoms. The minimum Gasteiger partial charge on any atom is -0.334 e. The monoisotopic (exact) mass is 427 g/mol. The quantitative estimate of drug-likeness (QED) is 0.564. The van der Waals surface area contributed by atoms with Crippen LogP contribution in [0.3, 0.4) is 0 Å². The van der Waals surface area contributed by atoms with E-state index < -0.39 is 0 Å². The van der Waals surface area contributed by atoms with Crippen LogP contribution in [0.25, 0.3) is 21.7 Å². The van der Waals surface area contributed by atoms with Gasteiger partial charge in [-0.15, -0.1) is 23.1 Å². The molecule has 0 N–H and O–H groups in total. The third kappa shape index (κ3) is 4.37. The Morgan fingerprint density at radius 2 is 1.62 bits per heavy atom. The Morgan fingerprint density at radius 3 is 2.24 bits per heavy atom. The van der Waals surface area contributed by atoms with Crippen molar-refractivity contribution in [1.29, 1.82) is 0 Å². The topological polar surface area (TPSA) is 36.4 Å². The van der Waals surface area contributed by atoms with Crippen molar-refractivity contribution in [3.63, 3.8) is 0 Å². The fourth-order valence-electron chi connectivity index (χ4n) is 3.30. The molecule has 29 heavy (non-hydrogen) atoms. The van der Waals surface area contributed by atoms with Crippen molar-refractivity contribution in [2.45, 2.75) is 4.90 Å². The second-order valence-electron chi connectivity index (χ2n) is 7.03. The van der Waals surface area contributed by atoms with Gasteiger partial charge in [-0.3, -0.25) is 4.79 Å². The summed E-state index contributed by atoms with van der Waals surface area (Å²) in [5.41, 5.74) is 2.55. The molecule has 0 unspecified atom stereocenters. The van der Waals surface area contributed by atoms with Gasteiger partial charge in [0.05, 0.1) is 10.6 Å². The molecular weight excluding hydrogens is 405 g/mol. The Balaban J connectivity index is 1.73. The lowest BCUT2D eigenvalue weighted by Gasteiger charge is -2.31. The number of halogens is 1. The molecule has 0 aliphatic carbocycles. The average molecular weight is 428 g/mol. The van der Waals surface area contributed by atoms with E-state index in [-0.39, 0.29) is 11.7 Å². The summed E-state index contributed by atoms with van der Waals surface area (Å²) < 4.78 is 13.4. The molecule has 1 aliphatic heterocycles. The summed E-state index contributed by atoms with van der Waals surface area (Å²) in [4.78, 5) is 24.0. The summed E-state index contributed by atoms with van der Waals surface area (Å²) in [7, 11) is 2.06. The van der Waals surface area contributed by atoms with Gasteiger partial charge in [-0.25, -0.2) is 9.37 Å². The summed E-state index contributed by atoms with van der Waals surface area (Å²) in [6.45, 7) is 3.15. The predicted octanol–water partition coefficient (Wildman–Crippen LogP) is 4.73. The molecule has 0 radical (unpaired) electrons. The highest BCUT2D eigenvalue weighted by Gasteiger charge is 2.25. The highest BCUT2D eigenvalue weighted by molar-refractivity contribution is 7.98. The Bertz CT molecular complexity index is 994. The minimum atomic E-state index is -0.288. The van der Waals surface area contributed by atoms with Gasteiger partial charge in [-0.05, 0) is 55.3 Å². The second kappa shape index (κ2) is 8.65. The maximum absolute atomic E-state index is 13.4. The molecule has 1 aliphatic rings. The molecule has 150 valence electrons. The molecule has 0 bridgehead atoms. The van der Waals surface area contributed by atoms with Gasteiger partial charge in [-0.2, -0.15) is 0 Å². The van der Waals surface area contributed by atoms with E-state index in [1.54, 1.807) is 23.9 Å². The zero-order valence-electron chi connectivity index (χ0n) is 16.4. The Labute approximate surface area is 178 Å². The number of nitrogens with zero attached hydrogens (tertiary/aromatic N) is 3. The van der Waals surface area contributed by atoms with Crippen molar-refractivity contribution in [1.82, 2.24) is 14.8 Å². The highest BCUT2D eigenvalue weighted by atomic mass is 32.2. The summed E-state index contributed by atoms with van der Waals surface area (Å²) in [5.74, 6) is -0.318. The third-order valence-corrected chi connectivity index (χ3v) is 6.91. The molecule has 1 aromatic heterocycles. The van der Waals surface area contributed by atoms with Gasteiger partial charge in [0.1, 0.15) is 5.82 Å². The lowest BCUT2D eigenvalue weighted by molar-refractivity contribution is 0.0664. The van der Waals surface area contributed by atoms with Crippen LogP contribution in [0, 0.1) is 5.82 Å². The first kappa shape index (κ1) is 20.1. The second-order valence-corrected chi connectivity index (χ2v) is 8.91. The molecule has 0 saturated carbocycles. The zero-order chi connectivity index (χ0) is 20.4. The third-order valence-electron chi connectivity index (χ3n) is 5.07. The largest absolute Gasteiger partial charge is 0.334 e. The van der Waals surface area contributed by atoms with Crippen LogP contribution < -0.4 is 0 Å². The summed E-state index contributed by atoms with van der Waals surface area (Å²) >= 11 is 3.10. The Morgan fingerprint density at radius 1 is 1.00 bits per heavy atom. The standard InChI is InChI=1S/C22H22FN3OS2/c1-25-11-13-26(14-12-25)22(27)21-24-19(15-3-7-17(23)8-4-15)20(29-21)16-5-9-18(28-2)10-6-16/h3-10H,11-14H2,1-2H3. The van der Waals surface area contributed by atoms with E-state index in [2.05, 4.69) is 36.2 Å². The molecule has 4 nitrogen and oxygen atoms in total.